The first-order chi connectivity index (χ1) is 27.2. The zero-order chi connectivity index (χ0) is 36.6. The second kappa shape index (κ2) is 12.0. The van der Waals surface area contributed by atoms with E-state index in [1.54, 1.807) is 11.3 Å². The fourth-order valence-electron chi connectivity index (χ4n) is 8.63. The van der Waals surface area contributed by atoms with Crippen molar-refractivity contribution in [1.29, 1.82) is 10.5 Å². The zero-order valence-corrected chi connectivity index (χ0v) is 30.2. The molecule has 11 aromatic rings. The third-order valence-corrected chi connectivity index (χ3v) is 12.2. The van der Waals surface area contributed by atoms with Crippen LogP contribution in [0.3, 0.4) is 0 Å². The highest BCUT2D eigenvalue weighted by molar-refractivity contribution is 7.27. The molecule has 0 saturated heterocycles. The van der Waals surface area contributed by atoms with Crippen LogP contribution in [0, 0.1) is 22.7 Å². The van der Waals surface area contributed by atoms with Gasteiger partial charge in [0, 0.05) is 48.4 Å². The quantitative estimate of drug-likeness (QED) is 0.182. The second-order valence-corrected chi connectivity index (χ2v) is 15.0. The predicted octanol–water partition coefficient (Wildman–Crippen LogP) is 13.3. The van der Waals surface area contributed by atoms with Crippen molar-refractivity contribution in [2.45, 2.75) is 0 Å². The molecule has 254 valence electrons. The molecule has 0 aliphatic rings. The molecular formula is C50H28N4S. The van der Waals surface area contributed by atoms with Gasteiger partial charge in [0.25, 0.3) is 0 Å². The van der Waals surface area contributed by atoms with Crippen molar-refractivity contribution in [3.05, 3.63) is 181 Å². The normalized spacial score (nSPS) is 11.6. The first kappa shape index (κ1) is 31.1. The van der Waals surface area contributed by atoms with Crippen LogP contribution in [0.4, 0.5) is 0 Å². The molecule has 0 amide bonds. The number of nitrogens with zero attached hydrogens (tertiary/aromatic N) is 4. The lowest BCUT2D eigenvalue weighted by Crippen LogP contribution is -1.97. The third-order valence-electron chi connectivity index (χ3n) is 11.0. The minimum Gasteiger partial charge on any atom is -0.309 e. The van der Waals surface area contributed by atoms with Crippen molar-refractivity contribution in [1.82, 2.24) is 9.13 Å². The Balaban J connectivity index is 1.10. The van der Waals surface area contributed by atoms with E-state index < -0.39 is 0 Å². The summed E-state index contributed by atoms with van der Waals surface area (Å²) in [6, 6.07) is 64.3. The van der Waals surface area contributed by atoms with Gasteiger partial charge in [-0.05, 0) is 82.9 Å². The van der Waals surface area contributed by atoms with Gasteiger partial charge >= 0.3 is 0 Å². The van der Waals surface area contributed by atoms with Crippen molar-refractivity contribution in [2.75, 3.05) is 0 Å². The SMILES string of the molecule is N#Cc1cc(-c2ccccc2-c2cccc(-n3c4ccccc4c4c5sc6c(C#N)cccc6c5ccc43)c2)cc(-n2c3ccccc3c3ccccc32)c1. The maximum atomic E-state index is 10.3. The van der Waals surface area contributed by atoms with E-state index in [0.717, 1.165) is 65.8 Å². The smallest absolute Gasteiger partial charge is 0.101 e. The summed E-state index contributed by atoms with van der Waals surface area (Å²) in [5, 5.41) is 27.3. The lowest BCUT2D eigenvalue weighted by Gasteiger charge is -2.15. The van der Waals surface area contributed by atoms with Gasteiger partial charge in [0.2, 0.25) is 0 Å². The largest absolute Gasteiger partial charge is 0.309 e. The minimum atomic E-state index is 0.609. The summed E-state index contributed by atoms with van der Waals surface area (Å²) in [6.07, 6.45) is 0. The molecule has 0 aliphatic carbocycles. The Morgan fingerprint density at radius 3 is 1.71 bits per heavy atom. The molecule has 0 radical (unpaired) electrons. The Bertz CT molecular complexity index is 3420. The van der Waals surface area contributed by atoms with Crippen LogP contribution in [0.5, 0.6) is 0 Å². The number of benzene rings is 8. The molecule has 4 nitrogen and oxygen atoms in total. The molecular weight excluding hydrogens is 689 g/mol. The van der Waals surface area contributed by atoms with Gasteiger partial charge in [0.05, 0.1) is 44.0 Å². The number of hydrogen-bond donors (Lipinski definition) is 0. The molecule has 0 unspecified atom stereocenters. The maximum absolute atomic E-state index is 10.3. The van der Waals surface area contributed by atoms with E-state index in [9.17, 15) is 10.5 Å². The number of thiophene rings is 1. The van der Waals surface area contributed by atoms with Crippen molar-refractivity contribution in [2.24, 2.45) is 0 Å². The topological polar surface area (TPSA) is 57.4 Å². The molecule has 0 fully saturated rings. The summed E-state index contributed by atoms with van der Waals surface area (Å²) in [7, 11) is 0. The Morgan fingerprint density at radius 2 is 0.982 bits per heavy atom. The molecule has 3 aromatic heterocycles. The summed E-state index contributed by atoms with van der Waals surface area (Å²) in [6.45, 7) is 0. The molecule has 55 heavy (non-hydrogen) atoms. The zero-order valence-electron chi connectivity index (χ0n) is 29.4. The lowest BCUT2D eigenvalue weighted by molar-refractivity contribution is 1.18. The average Bonchev–Trinajstić information content (AvgIpc) is 3.91. The van der Waals surface area contributed by atoms with Gasteiger partial charge in [-0.3, -0.25) is 0 Å². The van der Waals surface area contributed by atoms with Gasteiger partial charge in [-0.25, -0.2) is 0 Å². The Hall–Kier alpha value is -7.44. The number of para-hydroxylation sites is 3. The summed E-state index contributed by atoms with van der Waals surface area (Å²) >= 11 is 1.71. The van der Waals surface area contributed by atoms with Crippen LogP contribution >= 0.6 is 11.3 Å². The number of fused-ring (bicyclic) bond motifs is 10. The highest BCUT2D eigenvalue weighted by Crippen LogP contribution is 2.45. The number of nitriles is 2. The first-order valence-electron chi connectivity index (χ1n) is 18.2. The molecule has 0 N–H and O–H groups in total. The van der Waals surface area contributed by atoms with Crippen LogP contribution in [0.1, 0.15) is 11.1 Å². The van der Waals surface area contributed by atoms with Gasteiger partial charge < -0.3 is 9.13 Å². The molecule has 11 rings (SSSR count). The molecule has 0 bridgehead atoms. The van der Waals surface area contributed by atoms with Crippen molar-refractivity contribution < 1.29 is 0 Å². The van der Waals surface area contributed by atoms with Crippen molar-refractivity contribution in [3.63, 3.8) is 0 Å². The summed E-state index contributed by atoms with van der Waals surface area (Å²) in [5.41, 5.74) is 12.0. The molecule has 0 aliphatic heterocycles. The molecule has 0 saturated carbocycles. The van der Waals surface area contributed by atoms with E-state index in [0.29, 0.717) is 11.1 Å². The summed E-state index contributed by atoms with van der Waals surface area (Å²) < 4.78 is 6.87. The van der Waals surface area contributed by atoms with Gasteiger partial charge in [0.15, 0.2) is 0 Å². The second-order valence-electron chi connectivity index (χ2n) is 13.9. The van der Waals surface area contributed by atoms with Gasteiger partial charge in [-0.15, -0.1) is 11.3 Å². The van der Waals surface area contributed by atoms with Crippen LogP contribution in [0.2, 0.25) is 0 Å². The Kier molecular flexibility index (Phi) is 6.82. The van der Waals surface area contributed by atoms with Gasteiger partial charge in [-0.2, -0.15) is 10.5 Å². The Labute approximate surface area is 320 Å². The van der Waals surface area contributed by atoms with E-state index >= 15 is 0 Å². The fraction of sp³-hybridized carbons (Fsp3) is 0. The van der Waals surface area contributed by atoms with Gasteiger partial charge in [-0.1, -0.05) is 109 Å². The van der Waals surface area contributed by atoms with Crippen molar-refractivity contribution in [3.8, 4) is 45.8 Å². The number of rotatable bonds is 4. The summed E-state index contributed by atoms with van der Waals surface area (Å²) in [5.74, 6) is 0. The molecule has 5 heteroatoms. The Morgan fingerprint density at radius 1 is 0.400 bits per heavy atom. The van der Waals surface area contributed by atoms with E-state index in [2.05, 4.69) is 167 Å². The van der Waals surface area contributed by atoms with E-state index in [4.69, 9.17) is 0 Å². The fourth-order valence-corrected chi connectivity index (χ4v) is 9.95. The maximum Gasteiger partial charge on any atom is 0.101 e. The molecule has 3 heterocycles. The average molecular weight is 717 g/mol. The lowest BCUT2D eigenvalue weighted by atomic mass is 9.93. The highest BCUT2D eigenvalue weighted by Gasteiger charge is 2.20. The summed E-state index contributed by atoms with van der Waals surface area (Å²) in [4.78, 5) is 0. The van der Waals surface area contributed by atoms with Crippen LogP contribution in [-0.4, -0.2) is 9.13 Å². The van der Waals surface area contributed by atoms with Crippen LogP contribution in [0.15, 0.2) is 170 Å². The molecule has 0 atom stereocenters. The van der Waals surface area contributed by atoms with Crippen LogP contribution < -0.4 is 0 Å². The third kappa shape index (κ3) is 4.61. The van der Waals surface area contributed by atoms with E-state index in [-0.39, 0.29) is 0 Å². The minimum absolute atomic E-state index is 0.609. The first-order valence-corrected chi connectivity index (χ1v) is 19.0. The van der Waals surface area contributed by atoms with Crippen LogP contribution in [0.25, 0.3) is 97.4 Å². The monoisotopic (exact) mass is 716 g/mol. The van der Waals surface area contributed by atoms with Crippen molar-refractivity contribution >= 4 is 75.1 Å². The van der Waals surface area contributed by atoms with Gasteiger partial charge in [0.1, 0.15) is 6.07 Å². The van der Waals surface area contributed by atoms with E-state index in [1.165, 1.54) is 31.6 Å². The standard InChI is InChI=1S/C50H28N4S/c51-29-31-25-34(28-36(26-31)54-44-20-6-3-16-39(44)40-17-4-7-21-45(40)54)38-15-2-1-14-37(38)32-11-9-13-35(27-32)53-46-22-8-5-18-43(46)48-47(53)24-23-42-41-19-10-12-33(30-52)49(41)55-50(42)48/h1-28H. The van der Waals surface area contributed by atoms with E-state index in [1.807, 2.05) is 24.3 Å². The number of hydrogen-bond acceptors (Lipinski definition) is 3. The number of aromatic nitrogens is 2. The predicted molar refractivity (Wildman–Crippen MR) is 228 cm³/mol. The molecule has 8 aromatic carbocycles. The van der Waals surface area contributed by atoms with Crippen LogP contribution in [-0.2, 0) is 0 Å². The highest BCUT2D eigenvalue weighted by atomic mass is 32.1. The molecule has 0 spiro atoms.